The lowest BCUT2D eigenvalue weighted by Crippen LogP contribution is -2.24. The number of nitrogens with zero attached hydrogens (tertiary/aromatic N) is 1. The highest BCUT2D eigenvalue weighted by Gasteiger charge is 2.24. The highest BCUT2D eigenvalue weighted by Crippen LogP contribution is 2.27. The maximum Gasteiger partial charge on any atom is 0.343 e. The Morgan fingerprint density at radius 1 is 1.04 bits per heavy atom. The van der Waals surface area contributed by atoms with Crippen molar-refractivity contribution in [2.75, 3.05) is 14.1 Å². The molecule has 0 unspecified atom stereocenters. The number of esters is 1. The Bertz CT molecular complexity index is 936. The second-order valence-electron chi connectivity index (χ2n) is 5.98. The van der Waals surface area contributed by atoms with Crippen LogP contribution in [0.5, 0.6) is 5.75 Å². The van der Waals surface area contributed by atoms with E-state index in [2.05, 4.69) is 0 Å². The van der Waals surface area contributed by atoms with Crippen molar-refractivity contribution in [3.8, 4) is 5.75 Å². The van der Waals surface area contributed by atoms with Crippen molar-refractivity contribution < 1.29 is 22.3 Å². The molecule has 0 saturated carbocycles. The van der Waals surface area contributed by atoms with E-state index in [4.69, 9.17) is 4.74 Å². The van der Waals surface area contributed by atoms with Crippen molar-refractivity contribution in [2.24, 2.45) is 0 Å². The van der Waals surface area contributed by atoms with Gasteiger partial charge >= 0.3 is 5.97 Å². The molecule has 2 aromatic rings. The summed E-state index contributed by atoms with van der Waals surface area (Å²) in [6, 6.07) is 6.89. The fraction of sp³-hybridized carbons (Fsp3) is 0.278. The summed E-state index contributed by atoms with van der Waals surface area (Å²) in [7, 11) is -1.43. The van der Waals surface area contributed by atoms with Crippen LogP contribution in [0.1, 0.15) is 27.0 Å². The van der Waals surface area contributed by atoms with Gasteiger partial charge in [0.05, 0.1) is 5.56 Å². The molecule has 25 heavy (non-hydrogen) atoms. The molecule has 0 aliphatic rings. The molecule has 5 nitrogen and oxygen atoms in total. The Labute approximate surface area is 147 Å². The molecule has 0 radical (unpaired) electrons. The topological polar surface area (TPSA) is 63.7 Å². The number of hydrogen-bond acceptors (Lipinski definition) is 4. The summed E-state index contributed by atoms with van der Waals surface area (Å²) >= 11 is 0. The van der Waals surface area contributed by atoms with Gasteiger partial charge in [-0.3, -0.25) is 0 Å². The first-order valence-corrected chi connectivity index (χ1v) is 9.00. The largest absolute Gasteiger partial charge is 0.422 e. The fourth-order valence-corrected chi connectivity index (χ4v) is 3.24. The molecule has 0 heterocycles. The lowest BCUT2D eigenvalue weighted by atomic mass is 10.1. The van der Waals surface area contributed by atoms with Crippen LogP contribution in [0.25, 0.3) is 0 Å². The number of halogens is 1. The van der Waals surface area contributed by atoms with E-state index in [1.807, 2.05) is 32.9 Å². The van der Waals surface area contributed by atoms with Crippen molar-refractivity contribution in [1.29, 1.82) is 0 Å². The lowest BCUT2D eigenvalue weighted by Gasteiger charge is -2.14. The molecule has 0 N–H and O–H groups in total. The summed E-state index contributed by atoms with van der Waals surface area (Å²) in [5.74, 6) is -1.24. The maximum atomic E-state index is 13.9. The number of rotatable bonds is 4. The molecule has 0 aliphatic carbocycles. The lowest BCUT2D eigenvalue weighted by molar-refractivity contribution is 0.0732. The molecular formula is C18H20FNO4S. The Kier molecular flexibility index (Phi) is 5.29. The van der Waals surface area contributed by atoms with Crippen molar-refractivity contribution in [1.82, 2.24) is 4.31 Å². The number of carbonyl (C=O) groups is 1. The number of aryl methyl sites for hydroxylation is 2. The molecule has 2 aromatic carbocycles. The van der Waals surface area contributed by atoms with Crippen molar-refractivity contribution >= 4 is 16.0 Å². The Morgan fingerprint density at radius 2 is 1.64 bits per heavy atom. The molecule has 0 saturated heterocycles. The van der Waals surface area contributed by atoms with E-state index >= 15 is 0 Å². The third-order valence-electron chi connectivity index (χ3n) is 3.99. The highest BCUT2D eigenvalue weighted by molar-refractivity contribution is 7.89. The summed E-state index contributed by atoms with van der Waals surface area (Å²) in [5.41, 5.74) is 2.52. The van der Waals surface area contributed by atoms with Gasteiger partial charge in [0.2, 0.25) is 10.0 Å². The predicted molar refractivity (Wildman–Crippen MR) is 92.9 cm³/mol. The minimum atomic E-state index is -4.01. The summed E-state index contributed by atoms with van der Waals surface area (Å²) in [6.45, 7) is 5.53. The Balaban J connectivity index is 2.44. The van der Waals surface area contributed by atoms with Crippen LogP contribution in [-0.4, -0.2) is 32.8 Å². The second kappa shape index (κ2) is 6.93. The van der Waals surface area contributed by atoms with Gasteiger partial charge in [0, 0.05) is 14.1 Å². The average Bonchev–Trinajstić information content (AvgIpc) is 2.55. The molecule has 0 aliphatic heterocycles. The Morgan fingerprint density at radius 3 is 2.24 bits per heavy atom. The van der Waals surface area contributed by atoms with E-state index in [0.717, 1.165) is 33.1 Å². The van der Waals surface area contributed by atoms with Crippen LogP contribution >= 0.6 is 0 Å². The van der Waals surface area contributed by atoms with Crippen LogP contribution in [0.3, 0.4) is 0 Å². The standard InChI is InChI=1S/C18H20FNO4S/c1-11-6-7-12(2)17(13(11)3)24-18(21)14-8-9-15(19)16(10-14)25(22,23)20(4)5/h6-10H,1-5H3. The van der Waals surface area contributed by atoms with Gasteiger partial charge in [0.1, 0.15) is 16.5 Å². The highest BCUT2D eigenvalue weighted by atomic mass is 32.2. The van der Waals surface area contributed by atoms with Crippen LogP contribution in [0.2, 0.25) is 0 Å². The SMILES string of the molecule is Cc1ccc(C)c(OC(=O)c2ccc(F)c(S(=O)(=O)N(C)C)c2)c1C. The predicted octanol–water partition coefficient (Wildman–Crippen LogP) is 3.22. The van der Waals surface area contributed by atoms with Gasteiger partial charge in [-0.25, -0.2) is 21.9 Å². The monoisotopic (exact) mass is 365 g/mol. The van der Waals surface area contributed by atoms with E-state index < -0.39 is 26.7 Å². The van der Waals surface area contributed by atoms with Gasteiger partial charge < -0.3 is 4.74 Å². The second-order valence-corrected chi connectivity index (χ2v) is 8.10. The van der Waals surface area contributed by atoms with Gasteiger partial charge in [-0.05, 0) is 55.7 Å². The molecule has 7 heteroatoms. The van der Waals surface area contributed by atoms with Crippen LogP contribution in [0.15, 0.2) is 35.2 Å². The normalized spacial score (nSPS) is 11.6. The van der Waals surface area contributed by atoms with Crippen molar-refractivity contribution in [3.63, 3.8) is 0 Å². The molecular weight excluding hydrogens is 345 g/mol. The molecule has 0 spiro atoms. The smallest absolute Gasteiger partial charge is 0.343 e. The zero-order chi connectivity index (χ0) is 18.9. The molecule has 0 atom stereocenters. The van der Waals surface area contributed by atoms with Crippen LogP contribution in [0, 0.1) is 26.6 Å². The van der Waals surface area contributed by atoms with Crippen LogP contribution in [0.4, 0.5) is 4.39 Å². The van der Waals surface area contributed by atoms with Crippen LogP contribution < -0.4 is 4.74 Å². The zero-order valence-electron chi connectivity index (χ0n) is 14.8. The number of hydrogen-bond donors (Lipinski definition) is 0. The maximum absolute atomic E-state index is 13.9. The molecule has 0 fully saturated rings. The number of sulfonamides is 1. The van der Waals surface area contributed by atoms with Gasteiger partial charge in [-0.15, -0.1) is 0 Å². The molecule has 0 bridgehead atoms. The quantitative estimate of drug-likeness (QED) is 0.616. The van der Waals surface area contributed by atoms with Gasteiger partial charge in [0.25, 0.3) is 0 Å². The minimum Gasteiger partial charge on any atom is -0.422 e. The first kappa shape index (κ1) is 19.1. The van der Waals surface area contributed by atoms with Gasteiger partial charge in [0.15, 0.2) is 0 Å². The minimum absolute atomic E-state index is 0.0397. The molecule has 134 valence electrons. The molecule has 2 rings (SSSR count). The number of carbonyl (C=O) groups excluding carboxylic acids is 1. The van der Waals surface area contributed by atoms with Gasteiger partial charge in [-0.1, -0.05) is 12.1 Å². The van der Waals surface area contributed by atoms with E-state index in [9.17, 15) is 17.6 Å². The zero-order valence-corrected chi connectivity index (χ0v) is 15.6. The van der Waals surface area contributed by atoms with E-state index in [0.29, 0.717) is 5.75 Å². The summed E-state index contributed by atoms with van der Waals surface area (Å²) in [5, 5.41) is 0. The third-order valence-corrected chi connectivity index (χ3v) is 5.82. The van der Waals surface area contributed by atoms with E-state index in [-0.39, 0.29) is 5.56 Å². The molecule has 0 amide bonds. The van der Waals surface area contributed by atoms with Crippen LogP contribution in [-0.2, 0) is 10.0 Å². The summed E-state index contributed by atoms with van der Waals surface area (Å²) < 4.78 is 44.6. The first-order valence-electron chi connectivity index (χ1n) is 7.56. The summed E-state index contributed by atoms with van der Waals surface area (Å²) in [6.07, 6.45) is 0. The fourth-order valence-electron chi connectivity index (χ4n) is 2.26. The third kappa shape index (κ3) is 3.72. The van der Waals surface area contributed by atoms with Crippen molar-refractivity contribution in [2.45, 2.75) is 25.7 Å². The number of benzene rings is 2. The number of ether oxygens (including phenoxy) is 1. The van der Waals surface area contributed by atoms with Crippen molar-refractivity contribution in [3.05, 3.63) is 58.4 Å². The first-order chi connectivity index (χ1) is 11.6. The van der Waals surface area contributed by atoms with E-state index in [1.54, 1.807) is 0 Å². The van der Waals surface area contributed by atoms with E-state index in [1.165, 1.54) is 20.2 Å². The van der Waals surface area contributed by atoms with Gasteiger partial charge in [-0.2, -0.15) is 0 Å². The average molecular weight is 365 g/mol. The Hall–Kier alpha value is -2.25. The molecule has 0 aromatic heterocycles. The summed E-state index contributed by atoms with van der Waals surface area (Å²) in [4.78, 5) is 11.9.